The summed E-state index contributed by atoms with van der Waals surface area (Å²) in [5.41, 5.74) is 1.01. The van der Waals surface area contributed by atoms with Crippen molar-refractivity contribution in [2.75, 3.05) is 26.2 Å². The molecule has 1 fully saturated rings. The first-order chi connectivity index (χ1) is 16.1. The molecule has 0 radical (unpaired) electrons. The van der Waals surface area contributed by atoms with Crippen molar-refractivity contribution < 1.29 is 24.1 Å². The van der Waals surface area contributed by atoms with Gasteiger partial charge in [0.25, 0.3) is 5.91 Å². The molecule has 0 unspecified atom stereocenters. The minimum atomic E-state index is -1.08. The van der Waals surface area contributed by atoms with Crippen LogP contribution in [-0.4, -0.2) is 54.3 Å². The van der Waals surface area contributed by atoms with E-state index < -0.39 is 12.1 Å². The van der Waals surface area contributed by atoms with Crippen molar-refractivity contribution in [2.45, 2.75) is 37.8 Å². The monoisotopic (exact) mass is 472 g/mol. The van der Waals surface area contributed by atoms with Crippen LogP contribution in [0.15, 0.2) is 72.1 Å². The zero-order valence-corrected chi connectivity index (χ0v) is 19.2. The summed E-state index contributed by atoms with van der Waals surface area (Å²) in [5.74, 6) is 1.06. The van der Waals surface area contributed by atoms with Gasteiger partial charge < -0.3 is 29.5 Å². The Labute approximate surface area is 198 Å². The maximum atomic E-state index is 12.7. The summed E-state index contributed by atoms with van der Waals surface area (Å²) in [6.45, 7) is 2.19. The molecule has 0 bridgehead atoms. The molecular weight excluding hydrogens is 444 g/mol. The first kappa shape index (κ1) is 23.4. The highest BCUT2D eigenvalue weighted by molar-refractivity contribution is 6.30. The highest BCUT2D eigenvalue weighted by Crippen LogP contribution is 2.28. The number of amides is 1. The van der Waals surface area contributed by atoms with Crippen LogP contribution in [0.25, 0.3) is 0 Å². The minimum Gasteiger partial charge on any atom is -0.484 e. The number of benzene rings is 1. The second-order valence-corrected chi connectivity index (χ2v) is 8.70. The molecule has 3 aliphatic rings. The van der Waals surface area contributed by atoms with E-state index in [0.29, 0.717) is 23.1 Å². The molecule has 2 atom stereocenters. The van der Waals surface area contributed by atoms with Crippen LogP contribution >= 0.6 is 11.6 Å². The number of carbonyl (C=O) groups is 1. The molecule has 2 aliphatic heterocycles. The van der Waals surface area contributed by atoms with Gasteiger partial charge in [-0.25, -0.2) is 0 Å². The number of aliphatic hydroxyl groups excluding tert-OH is 1. The van der Waals surface area contributed by atoms with Crippen molar-refractivity contribution >= 4 is 17.5 Å². The van der Waals surface area contributed by atoms with Crippen LogP contribution in [0.5, 0.6) is 5.75 Å². The van der Waals surface area contributed by atoms with E-state index in [0.717, 1.165) is 44.3 Å². The van der Waals surface area contributed by atoms with Gasteiger partial charge in [0.1, 0.15) is 24.4 Å². The zero-order chi connectivity index (χ0) is 23.0. The van der Waals surface area contributed by atoms with E-state index in [1.54, 1.807) is 24.3 Å². The van der Waals surface area contributed by atoms with Gasteiger partial charge in [-0.05, 0) is 68.6 Å². The average molecular weight is 473 g/mol. The third-order valence-corrected chi connectivity index (χ3v) is 6.03. The van der Waals surface area contributed by atoms with Crippen molar-refractivity contribution in [1.82, 2.24) is 10.2 Å². The summed E-state index contributed by atoms with van der Waals surface area (Å²) in [4.78, 5) is 14.9. The molecule has 1 aromatic carbocycles. The lowest BCUT2D eigenvalue weighted by molar-refractivity contribution is -0.124. The largest absolute Gasteiger partial charge is 0.484 e. The molecule has 8 heteroatoms. The standard InChI is InChI=1S/C25H29ClN2O5/c26-19-8-10-20(11-9-19)32-17-24(29)27-21(14-28-12-4-5-13-28)25(30)23-16-31-15-22(33-23)18-6-2-1-3-7-18/h1-2,6,8-11,15-16,21,25,30H,3-5,7,12-14,17H2,(H,27,29)/t21-,25-/m1/s1. The predicted molar refractivity (Wildman–Crippen MR) is 125 cm³/mol. The maximum Gasteiger partial charge on any atom is 0.258 e. The Morgan fingerprint density at radius 2 is 2.00 bits per heavy atom. The van der Waals surface area contributed by atoms with E-state index in [4.69, 9.17) is 25.8 Å². The average Bonchev–Trinajstić information content (AvgIpc) is 3.37. The van der Waals surface area contributed by atoms with Gasteiger partial charge in [0.2, 0.25) is 0 Å². The maximum absolute atomic E-state index is 12.7. The highest BCUT2D eigenvalue weighted by Gasteiger charge is 2.31. The van der Waals surface area contributed by atoms with Crippen molar-refractivity contribution in [1.29, 1.82) is 0 Å². The third-order valence-electron chi connectivity index (χ3n) is 5.77. The molecule has 1 aromatic rings. The van der Waals surface area contributed by atoms with Crippen molar-refractivity contribution in [3.05, 3.63) is 77.1 Å². The quantitative estimate of drug-likeness (QED) is 0.571. The van der Waals surface area contributed by atoms with E-state index in [9.17, 15) is 9.90 Å². The van der Waals surface area contributed by atoms with Crippen LogP contribution in [0.4, 0.5) is 0 Å². The fraction of sp³-hybridized carbons (Fsp3) is 0.400. The molecule has 1 aliphatic carbocycles. The van der Waals surface area contributed by atoms with Crippen LogP contribution in [0.1, 0.15) is 25.7 Å². The van der Waals surface area contributed by atoms with Crippen molar-refractivity contribution in [2.24, 2.45) is 0 Å². The number of nitrogens with one attached hydrogen (secondary N) is 1. The summed E-state index contributed by atoms with van der Waals surface area (Å²) in [7, 11) is 0. The lowest BCUT2D eigenvalue weighted by Gasteiger charge is -2.30. The number of ether oxygens (including phenoxy) is 3. The summed E-state index contributed by atoms with van der Waals surface area (Å²) in [6.07, 6.45) is 11.9. The Hall–Kier alpha value is -2.74. The fourth-order valence-corrected chi connectivity index (χ4v) is 4.14. The Kier molecular flexibility index (Phi) is 8.10. The van der Waals surface area contributed by atoms with E-state index in [1.807, 2.05) is 12.2 Å². The van der Waals surface area contributed by atoms with Crippen LogP contribution in [0.2, 0.25) is 5.02 Å². The molecule has 7 nitrogen and oxygen atoms in total. The minimum absolute atomic E-state index is 0.175. The molecule has 176 valence electrons. The van der Waals surface area contributed by atoms with Gasteiger partial charge in [0.15, 0.2) is 18.1 Å². The van der Waals surface area contributed by atoms with Gasteiger partial charge in [0.05, 0.1) is 6.04 Å². The number of allylic oxidation sites excluding steroid dienone is 4. The molecule has 1 saturated heterocycles. The number of aliphatic hydroxyl groups is 1. The van der Waals surface area contributed by atoms with E-state index in [-0.39, 0.29) is 18.3 Å². The molecule has 1 amide bonds. The Morgan fingerprint density at radius 3 is 2.73 bits per heavy atom. The lowest BCUT2D eigenvalue weighted by Crippen LogP contribution is -2.52. The number of nitrogens with zero attached hydrogens (tertiary/aromatic N) is 1. The number of likely N-dealkylation sites (tertiary alicyclic amines) is 1. The molecule has 0 aromatic heterocycles. The molecular formula is C25H29ClN2O5. The molecule has 33 heavy (non-hydrogen) atoms. The number of halogens is 1. The molecule has 2 N–H and O–H groups in total. The summed E-state index contributed by atoms with van der Waals surface area (Å²) in [6, 6.07) is 6.22. The summed E-state index contributed by atoms with van der Waals surface area (Å²) >= 11 is 5.89. The lowest BCUT2D eigenvalue weighted by atomic mass is 10.0. The first-order valence-electron chi connectivity index (χ1n) is 11.3. The van der Waals surface area contributed by atoms with Crippen molar-refractivity contribution in [3.8, 4) is 5.75 Å². The smallest absolute Gasteiger partial charge is 0.258 e. The number of hydrogen-bond donors (Lipinski definition) is 2. The van der Waals surface area contributed by atoms with Gasteiger partial charge in [-0.1, -0.05) is 29.8 Å². The van der Waals surface area contributed by atoms with Crippen molar-refractivity contribution in [3.63, 3.8) is 0 Å². The highest BCUT2D eigenvalue weighted by atomic mass is 35.5. The second kappa shape index (κ2) is 11.4. The van der Waals surface area contributed by atoms with Gasteiger partial charge in [-0.2, -0.15) is 0 Å². The molecule has 4 rings (SSSR count). The van der Waals surface area contributed by atoms with E-state index in [2.05, 4.69) is 16.3 Å². The van der Waals surface area contributed by atoms with Crippen LogP contribution in [-0.2, 0) is 14.3 Å². The predicted octanol–water partition coefficient (Wildman–Crippen LogP) is 3.67. The second-order valence-electron chi connectivity index (χ2n) is 8.27. The SMILES string of the molecule is O=C(COc1ccc(Cl)cc1)N[C@H](CN1CCCC1)[C@@H](O)C1=COC=C(C2=CC=CCC2)O1. The van der Waals surface area contributed by atoms with Gasteiger partial charge in [-0.3, -0.25) is 4.79 Å². The number of carbonyl (C=O) groups excluding carboxylic acids is 1. The number of hydrogen-bond acceptors (Lipinski definition) is 6. The topological polar surface area (TPSA) is 80.3 Å². The van der Waals surface area contributed by atoms with Gasteiger partial charge in [0, 0.05) is 11.6 Å². The Morgan fingerprint density at radius 1 is 1.21 bits per heavy atom. The zero-order valence-electron chi connectivity index (χ0n) is 18.4. The molecule has 2 heterocycles. The van der Waals surface area contributed by atoms with Gasteiger partial charge in [-0.15, -0.1) is 0 Å². The first-order valence-corrected chi connectivity index (χ1v) is 11.6. The van der Waals surface area contributed by atoms with Crippen LogP contribution in [0.3, 0.4) is 0 Å². The Bertz CT molecular complexity index is 948. The van der Waals surface area contributed by atoms with E-state index >= 15 is 0 Å². The Balaban J connectivity index is 1.39. The van der Waals surface area contributed by atoms with E-state index in [1.165, 1.54) is 12.5 Å². The van der Waals surface area contributed by atoms with Gasteiger partial charge >= 0.3 is 0 Å². The van der Waals surface area contributed by atoms with Crippen LogP contribution < -0.4 is 10.1 Å². The molecule has 0 saturated carbocycles. The summed E-state index contributed by atoms with van der Waals surface area (Å²) in [5, 5.41) is 14.7. The normalized spacial score (nSPS) is 20.0. The fourth-order valence-electron chi connectivity index (χ4n) is 4.01. The molecule has 0 spiro atoms. The third kappa shape index (κ3) is 6.63. The number of rotatable bonds is 9. The van der Waals surface area contributed by atoms with Crippen LogP contribution in [0, 0.1) is 0 Å². The summed E-state index contributed by atoms with van der Waals surface area (Å²) < 4.78 is 17.0.